The Morgan fingerprint density at radius 1 is 1.24 bits per heavy atom. The number of nitrogens with one attached hydrogen (secondary N) is 2. The third-order valence-electron chi connectivity index (χ3n) is 3.88. The molecule has 0 radical (unpaired) electrons. The number of hydrogen-bond acceptors (Lipinski definition) is 3. The molecule has 2 N–H and O–H groups in total. The van der Waals surface area contributed by atoms with Gasteiger partial charge in [0.2, 0.25) is 0 Å². The lowest BCUT2D eigenvalue weighted by Crippen LogP contribution is -2.69. The number of benzene rings is 1. The number of imide groups is 1. The summed E-state index contributed by atoms with van der Waals surface area (Å²) in [5.74, 6) is -2.64. The van der Waals surface area contributed by atoms with E-state index in [2.05, 4.69) is 0 Å². The number of rotatable bonds is 5. The Morgan fingerprint density at radius 2 is 1.84 bits per heavy atom. The van der Waals surface area contributed by atoms with Gasteiger partial charge in [0.25, 0.3) is 17.5 Å². The Bertz CT molecular complexity index is 688. The second-order valence-electron chi connectivity index (χ2n) is 5.81. The molecule has 136 valence electrons. The van der Waals surface area contributed by atoms with Gasteiger partial charge in [-0.05, 0) is 25.5 Å². The molecule has 0 unspecified atom stereocenters. The van der Waals surface area contributed by atoms with E-state index >= 15 is 0 Å². The van der Waals surface area contributed by atoms with Crippen molar-refractivity contribution in [3.05, 3.63) is 35.4 Å². The zero-order chi connectivity index (χ0) is 18.8. The van der Waals surface area contributed by atoms with Gasteiger partial charge in [0.1, 0.15) is 0 Å². The minimum Gasteiger partial charge on any atom is -0.314 e. The predicted octanol–water partition coefficient (Wildman–Crippen LogP) is 2.34. The van der Waals surface area contributed by atoms with Crippen LogP contribution in [0, 0.1) is 6.92 Å². The Kier molecular flexibility index (Phi) is 5.05. The number of aryl methyl sites for hydroxylation is 1. The normalized spacial score (nSPS) is 20.6. The third kappa shape index (κ3) is 3.45. The monoisotopic (exact) mass is 357 g/mol. The Balaban J connectivity index is 2.33. The first-order valence-corrected chi connectivity index (χ1v) is 7.72. The Morgan fingerprint density at radius 3 is 2.36 bits per heavy atom. The molecule has 1 saturated heterocycles. The van der Waals surface area contributed by atoms with E-state index in [1.54, 1.807) is 36.6 Å². The second kappa shape index (κ2) is 6.73. The zero-order valence-electron chi connectivity index (χ0n) is 13.7. The maximum atomic E-state index is 13.6. The van der Waals surface area contributed by atoms with E-state index in [-0.39, 0.29) is 12.1 Å². The lowest BCUT2D eigenvalue weighted by molar-refractivity contribution is -0.200. The summed E-state index contributed by atoms with van der Waals surface area (Å²) < 4.78 is 40.8. The standard InChI is InChI=1S/C16H18F3N3O3/c1-3-4-9-22-13(24)15(16(17,18)19,21-14(22)25)20-12(23)11-7-5-10(2)6-8-11/h5-8H,3-4,9H2,1-2H3,(H,20,23)(H,21,25)/t15-/m0/s1. The first-order chi connectivity index (χ1) is 11.6. The molecule has 0 bridgehead atoms. The summed E-state index contributed by atoms with van der Waals surface area (Å²) in [7, 11) is 0. The van der Waals surface area contributed by atoms with Crippen molar-refractivity contribution < 1.29 is 27.6 Å². The highest BCUT2D eigenvalue weighted by atomic mass is 19.4. The SMILES string of the molecule is CCCCN1C(=O)N[C@](NC(=O)c2ccc(C)cc2)(C(F)(F)F)C1=O. The summed E-state index contributed by atoms with van der Waals surface area (Å²) in [5, 5.41) is 3.28. The van der Waals surface area contributed by atoms with Crippen LogP contribution in [0.3, 0.4) is 0 Å². The Labute approximate surface area is 142 Å². The van der Waals surface area contributed by atoms with E-state index in [0.29, 0.717) is 17.7 Å². The molecule has 0 spiro atoms. The molecule has 1 aromatic rings. The fourth-order valence-electron chi connectivity index (χ4n) is 2.39. The smallest absolute Gasteiger partial charge is 0.314 e. The molecule has 1 aliphatic heterocycles. The van der Waals surface area contributed by atoms with Gasteiger partial charge in [0.05, 0.1) is 0 Å². The molecule has 2 rings (SSSR count). The molecular formula is C16H18F3N3O3. The quantitative estimate of drug-likeness (QED) is 0.794. The van der Waals surface area contributed by atoms with Crippen LogP contribution in [-0.2, 0) is 4.79 Å². The molecular weight excluding hydrogens is 339 g/mol. The lowest BCUT2D eigenvalue weighted by atomic mass is 10.1. The minimum absolute atomic E-state index is 0.0525. The maximum Gasteiger partial charge on any atom is 0.440 e. The number of urea groups is 1. The predicted molar refractivity (Wildman–Crippen MR) is 82.6 cm³/mol. The first kappa shape index (κ1) is 18.8. The molecule has 1 heterocycles. The van der Waals surface area contributed by atoms with Gasteiger partial charge < -0.3 is 5.32 Å². The lowest BCUT2D eigenvalue weighted by Gasteiger charge is -2.29. The number of nitrogens with zero attached hydrogens (tertiary/aromatic N) is 1. The van der Waals surface area contributed by atoms with E-state index in [9.17, 15) is 27.6 Å². The number of unbranched alkanes of at least 4 members (excludes halogenated alkanes) is 1. The van der Waals surface area contributed by atoms with Crippen molar-refractivity contribution in [2.24, 2.45) is 0 Å². The van der Waals surface area contributed by atoms with E-state index in [4.69, 9.17) is 0 Å². The molecule has 0 aromatic heterocycles. The topological polar surface area (TPSA) is 78.5 Å². The van der Waals surface area contributed by atoms with Gasteiger partial charge in [-0.3, -0.25) is 19.8 Å². The number of amides is 4. The summed E-state index contributed by atoms with van der Waals surface area (Å²) in [6, 6.07) is 4.60. The van der Waals surface area contributed by atoms with Crippen molar-refractivity contribution in [3.63, 3.8) is 0 Å². The highest BCUT2D eigenvalue weighted by Gasteiger charge is 2.68. The van der Waals surface area contributed by atoms with Crippen molar-refractivity contribution >= 4 is 17.8 Å². The second-order valence-corrected chi connectivity index (χ2v) is 5.81. The molecule has 4 amide bonds. The van der Waals surface area contributed by atoms with Gasteiger partial charge in [-0.2, -0.15) is 13.2 Å². The molecule has 25 heavy (non-hydrogen) atoms. The van der Waals surface area contributed by atoms with E-state index in [0.717, 1.165) is 5.56 Å². The average molecular weight is 357 g/mol. The van der Waals surface area contributed by atoms with Crippen molar-refractivity contribution in [1.29, 1.82) is 0 Å². The van der Waals surface area contributed by atoms with Crippen LogP contribution in [0.5, 0.6) is 0 Å². The van der Waals surface area contributed by atoms with E-state index < -0.39 is 29.7 Å². The molecule has 9 heteroatoms. The van der Waals surface area contributed by atoms with Crippen LogP contribution in [0.4, 0.5) is 18.0 Å². The molecule has 1 fully saturated rings. The van der Waals surface area contributed by atoms with Crippen LogP contribution in [-0.4, -0.2) is 41.1 Å². The van der Waals surface area contributed by atoms with Crippen LogP contribution in [0.1, 0.15) is 35.7 Å². The molecule has 0 saturated carbocycles. The van der Waals surface area contributed by atoms with Crippen molar-refractivity contribution in [2.75, 3.05) is 6.54 Å². The van der Waals surface area contributed by atoms with E-state index in [1.165, 1.54) is 12.1 Å². The van der Waals surface area contributed by atoms with E-state index in [1.807, 2.05) is 0 Å². The molecule has 1 aliphatic rings. The number of alkyl halides is 3. The molecule has 6 nitrogen and oxygen atoms in total. The number of hydrogen-bond donors (Lipinski definition) is 2. The van der Waals surface area contributed by atoms with Gasteiger partial charge >= 0.3 is 12.2 Å². The maximum absolute atomic E-state index is 13.6. The molecule has 0 aliphatic carbocycles. The highest BCUT2D eigenvalue weighted by Crippen LogP contribution is 2.34. The summed E-state index contributed by atoms with van der Waals surface area (Å²) in [6.45, 7) is 3.37. The summed E-state index contributed by atoms with van der Waals surface area (Å²) in [4.78, 5) is 36.9. The van der Waals surface area contributed by atoms with Gasteiger partial charge in [-0.1, -0.05) is 31.0 Å². The number of carbonyl (C=O) groups is 3. The van der Waals surface area contributed by atoms with Crippen LogP contribution < -0.4 is 10.6 Å². The van der Waals surface area contributed by atoms with Gasteiger partial charge in [-0.25, -0.2) is 4.79 Å². The van der Waals surface area contributed by atoms with Crippen molar-refractivity contribution in [3.8, 4) is 0 Å². The minimum atomic E-state index is -5.19. The molecule has 1 atom stereocenters. The fourth-order valence-corrected chi connectivity index (χ4v) is 2.39. The summed E-state index contributed by atoms with van der Waals surface area (Å²) in [5.41, 5.74) is -2.69. The first-order valence-electron chi connectivity index (χ1n) is 7.72. The average Bonchev–Trinajstić information content (AvgIpc) is 2.77. The fraction of sp³-hybridized carbons (Fsp3) is 0.438. The van der Waals surface area contributed by atoms with Crippen LogP contribution in [0.25, 0.3) is 0 Å². The van der Waals surface area contributed by atoms with Gasteiger partial charge in [0, 0.05) is 12.1 Å². The number of carbonyl (C=O) groups excluding carboxylic acids is 3. The largest absolute Gasteiger partial charge is 0.440 e. The summed E-state index contributed by atoms with van der Waals surface area (Å²) in [6.07, 6.45) is -4.24. The van der Waals surface area contributed by atoms with Crippen LogP contribution in [0.2, 0.25) is 0 Å². The van der Waals surface area contributed by atoms with Crippen LogP contribution in [0.15, 0.2) is 24.3 Å². The highest BCUT2D eigenvalue weighted by molar-refractivity contribution is 6.10. The van der Waals surface area contributed by atoms with Crippen molar-refractivity contribution in [2.45, 2.75) is 38.5 Å². The number of halogens is 3. The van der Waals surface area contributed by atoms with Crippen LogP contribution >= 0.6 is 0 Å². The molecule has 1 aromatic carbocycles. The van der Waals surface area contributed by atoms with Gasteiger partial charge in [0.15, 0.2) is 0 Å². The van der Waals surface area contributed by atoms with Gasteiger partial charge in [-0.15, -0.1) is 0 Å². The third-order valence-corrected chi connectivity index (χ3v) is 3.88. The summed E-state index contributed by atoms with van der Waals surface area (Å²) >= 11 is 0. The Hall–Kier alpha value is -2.58. The van der Waals surface area contributed by atoms with Crippen molar-refractivity contribution in [1.82, 2.24) is 15.5 Å². The zero-order valence-corrected chi connectivity index (χ0v) is 13.7.